The van der Waals surface area contributed by atoms with Crippen LogP contribution < -0.4 is 5.32 Å². The van der Waals surface area contributed by atoms with Crippen molar-refractivity contribution >= 4 is 23.9 Å². The molecule has 0 saturated carbocycles. The number of likely N-dealkylation sites (tertiary alicyclic amines) is 1. The summed E-state index contributed by atoms with van der Waals surface area (Å²) in [5.74, 6) is 0.115. The quantitative estimate of drug-likeness (QED) is 0.672. The SMILES string of the molecule is CC.COCc1cn(CC(=O)N2CCCC2C)nn1.O=CNCc1ccc(Cl)cc1. The molecule has 1 N–H and O–H groups in total. The summed E-state index contributed by atoms with van der Waals surface area (Å²) in [4.78, 5) is 23.8. The third-order valence-electron chi connectivity index (χ3n) is 4.35. The van der Waals surface area contributed by atoms with Gasteiger partial charge in [0.2, 0.25) is 12.3 Å². The zero-order valence-electron chi connectivity index (χ0n) is 18.2. The van der Waals surface area contributed by atoms with Crippen molar-refractivity contribution in [3.05, 3.63) is 46.7 Å². The van der Waals surface area contributed by atoms with Gasteiger partial charge >= 0.3 is 0 Å². The highest BCUT2D eigenvalue weighted by Gasteiger charge is 2.25. The van der Waals surface area contributed by atoms with Crippen LogP contribution in [-0.4, -0.2) is 51.9 Å². The maximum absolute atomic E-state index is 12.0. The number of halogens is 1. The highest BCUT2D eigenvalue weighted by Crippen LogP contribution is 2.16. The summed E-state index contributed by atoms with van der Waals surface area (Å²) in [6.07, 6.45) is 4.62. The van der Waals surface area contributed by atoms with Gasteiger partial charge in [0.05, 0.1) is 12.8 Å². The van der Waals surface area contributed by atoms with Crippen molar-refractivity contribution in [2.75, 3.05) is 13.7 Å². The number of methoxy groups -OCH3 is 1. The van der Waals surface area contributed by atoms with Crippen molar-refractivity contribution in [1.29, 1.82) is 0 Å². The maximum atomic E-state index is 12.0. The number of hydrogen-bond donors (Lipinski definition) is 1. The smallest absolute Gasteiger partial charge is 0.244 e. The van der Waals surface area contributed by atoms with Crippen molar-refractivity contribution in [2.24, 2.45) is 0 Å². The molecule has 1 aromatic carbocycles. The predicted molar refractivity (Wildman–Crippen MR) is 117 cm³/mol. The molecule has 1 fully saturated rings. The number of carbonyl (C=O) groups excluding carboxylic acids is 2. The molecule has 30 heavy (non-hydrogen) atoms. The number of nitrogens with one attached hydrogen (secondary N) is 1. The Morgan fingerprint density at radius 3 is 2.60 bits per heavy atom. The highest BCUT2D eigenvalue weighted by atomic mass is 35.5. The minimum Gasteiger partial charge on any atom is -0.378 e. The van der Waals surface area contributed by atoms with Gasteiger partial charge < -0.3 is 15.0 Å². The molecule has 166 valence electrons. The van der Waals surface area contributed by atoms with E-state index < -0.39 is 0 Å². The van der Waals surface area contributed by atoms with Gasteiger partial charge in [-0.05, 0) is 37.5 Å². The van der Waals surface area contributed by atoms with Gasteiger partial charge in [-0.15, -0.1) is 5.10 Å². The van der Waals surface area contributed by atoms with Gasteiger partial charge in [0.1, 0.15) is 12.2 Å². The molecule has 1 saturated heterocycles. The van der Waals surface area contributed by atoms with E-state index >= 15 is 0 Å². The van der Waals surface area contributed by atoms with E-state index in [4.69, 9.17) is 16.3 Å². The summed E-state index contributed by atoms with van der Waals surface area (Å²) in [7, 11) is 1.61. The van der Waals surface area contributed by atoms with Gasteiger partial charge in [0, 0.05) is 31.3 Å². The maximum Gasteiger partial charge on any atom is 0.244 e. The van der Waals surface area contributed by atoms with Crippen LogP contribution in [-0.2, 0) is 34.0 Å². The lowest BCUT2D eigenvalue weighted by Gasteiger charge is -2.20. The van der Waals surface area contributed by atoms with Crippen molar-refractivity contribution in [3.8, 4) is 0 Å². The third-order valence-corrected chi connectivity index (χ3v) is 4.60. The molecule has 0 radical (unpaired) electrons. The number of nitrogens with zero attached hydrogens (tertiary/aromatic N) is 4. The van der Waals surface area contributed by atoms with Crippen LogP contribution in [0.4, 0.5) is 0 Å². The number of benzene rings is 1. The lowest BCUT2D eigenvalue weighted by Crippen LogP contribution is -2.36. The topological polar surface area (TPSA) is 89.3 Å². The van der Waals surface area contributed by atoms with Gasteiger partial charge in [-0.2, -0.15) is 0 Å². The molecule has 0 bridgehead atoms. The second kappa shape index (κ2) is 14.5. The van der Waals surface area contributed by atoms with E-state index in [9.17, 15) is 9.59 Å². The molecule has 2 aromatic rings. The molecule has 2 heterocycles. The van der Waals surface area contributed by atoms with Gasteiger partial charge in [-0.1, -0.05) is 42.8 Å². The predicted octanol–water partition coefficient (Wildman–Crippen LogP) is 3.05. The molecule has 1 aromatic heterocycles. The average molecular weight is 438 g/mol. The van der Waals surface area contributed by atoms with Gasteiger partial charge in [-0.3, -0.25) is 9.59 Å². The van der Waals surface area contributed by atoms with Crippen molar-refractivity contribution in [2.45, 2.75) is 59.4 Å². The Labute approximate surface area is 183 Å². The van der Waals surface area contributed by atoms with Crippen molar-refractivity contribution in [1.82, 2.24) is 25.2 Å². The highest BCUT2D eigenvalue weighted by molar-refractivity contribution is 6.30. The summed E-state index contributed by atoms with van der Waals surface area (Å²) >= 11 is 5.66. The van der Waals surface area contributed by atoms with E-state index in [0.29, 0.717) is 30.6 Å². The van der Waals surface area contributed by atoms with E-state index in [-0.39, 0.29) is 12.5 Å². The van der Waals surface area contributed by atoms with Crippen LogP contribution >= 0.6 is 11.6 Å². The monoisotopic (exact) mass is 437 g/mol. The van der Waals surface area contributed by atoms with Crippen molar-refractivity contribution in [3.63, 3.8) is 0 Å². The van der Waals surface area contributed by atoms with Crippen LogP contribution in [0.2, 0.25) is 5.02 Å². The first-order chi connectivity index (χ1) is 14.5. The molecule has 2 amide bonds. The Balaban J connectivity index is 0.000000300. The number of amides is 2. The van der Waals surface area contributed by atoms with Crippen LogP contribution in [0.15, 0.2) is 30.5 Å². The summed E-state index contributed by atoms with van der Waals surface area (Å²) in [6.45, 7) is 8.19. The minimum absolute atomic E-state index is 0.115. The molecule has 3 rings (SSSR count). The Bertz CT molecular complexity index is 751. The van der Waals surface area contributed by atoms with E-state index in [2.05, 4.69) is 22.6 Å². The number of rotatable bonds is 7. The lowest BCUT2D eigenvalue weighted by molar-refractivity contribution is -0.132. The molecule has 1 aliphatic rings. The number of aromatic nitrogens is 3. The van der Waals surface area contributed by atoms with Crippen LogP contribution in [0.25, 0.3) is 0 Å². The summed E-state index contributed by atoms with van der Waals surface area (Å²) in [5, 5.41) is 11.1. The Morgan fingerprint density at radius 1 is 1.33 bits per heavy atom. The zero-order chi connectivity index (χ0) is 22.4. The molecule has 1 atom stereocenters. The molecule has 0 aliphatic carbocycles. The molecule has 1 unspecified atom stereocenters. The fraction of sp³-hybridized carbons (Fsp3) is 0.524. The molecule has 9 heteroatoms. The second-order valence-corrected chi connectivity index (χ2v) is 6.98. The summed E-state index contributed by atoms with van der Waals surface area (Å²) in [5.41, 5.74) is 1.79. The zero-order valence-corrected chi connectivity index (χ0v) is 18.9. The Kier molecular flexibility index (Phi) is 12.4. The first-order valence-electron chi connectivity index (χ1n) is 10.1. The third kappa shape index (κ3) is 8.92. The molecular weight excluding hydrogens is 406 g/mol. The van der Waals surface area contributed by atoms with Gasteiger partial charge in [-0.25, -0.2) is 4.68 Å². The van der Waals surface area contributed by atoms with Crippen LogP contribution in [0.5, 0.6) is 0 Å². The Morgan fingerprint density at radius 2 is 2.03 bits per heavy atom. The Hall–Kier alpha value is -2.45. The van der Waals surface area contributed by atoms with E-state index in [1.807, 2.05) is 30.9 Å². The minimum atomic E-state index is 0.115. The van der Waals surface area contributed by atoms with Crippen LogP contribution in [0, 0.1) is 0 Å². The molecule has 1 aliphatic heterocycles. The van der Waals surface area contributed by atoms with E-state index in [0.717, 1.165) is 30.6 Å². The van der Waals surface area contributed by atoms with Crippen LogP contribution in [0.3, 0.4) is 0 Å². The van der Waals surface area contributed by atoms with Crippen LogP contribution in [0.1, 0.15) is 44.9 Å². The number of carbonyl (C=O) groups is 2. The number of ether oxygens (including phenoxy) is 1. The lowest BCUT2D eigenvalue weighted by atomic mass is 10.2. The first-order valence-corrected chi connectivity index (χ1v) is 10.5. The van der Waals surface area contributed by atoms with Gasteiger partial charge in [0.25, 0.3) is 0 Å². The summed E-state index contributed by atoms with van der Waals surface area (Å²) < 4.78 is 6.52. The van der Waals surface area contributed by atoms with Gasteiger partial charge in [0.15, 0.2) is 0 Å². The standard InChI is InChI=1S/C11H18N4O2.C8H8ClNO.C2H6/c1-9-4-3-5-15(9)11(16)7-14-6-10(8-17-2)12-13-14;9-8-3-1-7(2-4-8)5-10-6-11;1-2/h6,9H,3-5,7-8H2,1-2H3;1-4,6H,5H2,(H,10,11);1-2H3. The molecular formula is C21H32ClN5O3. The van der Waals surface area contributed by atoms with E-state index in [1.165, 1.54) is 0 Å². The van der Waals surface area contributed by atoms with Crippen molar-refractivity contribution < 1.29 is 14.3 Å². The number of hydrogen-bond acceptors (Lipinski definition) is 5. The fourth-order valence-electron chi connectivity index (χ4n) is 2.92. The van der Waals surface area contributed by atoms with E-state index in [1.54, 1.807) is 30.1 Å². The normalized spacial score (nSPS) is 14.8. The molecule has 0 spiro atoms. The summed E-state index contributed by atoms with van der Waals surface area (Å²) in [6, 6.07) is 7.69. The fourth-order valence-corrected chi connectivity index (χ4v) is 3.05. The second-order valence-electron chi connectivity index (χ2n) is 6.54. The average Bonchev–Trinajstić information content (AvgIpc) is 3.38. The molecule has 8 nitrogen and oxygen atoms in total. The first kappa shape index (κ1) is 25.6. The largest absolute Gasteiger partial charge is 0.378 e.